The summed E-state index contributed by atoms with van der Waals surface area (Å²) >= 11 is 6.12. The van der Waals surface area contributed by atoms with Crippen molar-refractivity contribution in [1.82, 2.24) is 19.6 Å². The fraction of sp³-hybridized carbons (Fsp3) is 0.200. The van der Waals surface area contributed by atoms with Gasteiger partial charge in [0, 0.05) is 24.0 Å². The molecule has 0 atom stereocenters. The van der Waals surface area contributed by atoms with Crippen LogP contribution in [-0.4, -0.2) is 28.0 Å². The molecule has 0 spiro atoms. The van der Waals surface area contributed by atoms with Crippen LogP contribution in [0.1, 0.15) is 12.5 Å². The average molecular weight is 366 g/mol. The third kappa shape index (κ3) is 3.60. The van der Waals surface area contributed by atoms with Gasteiger partial charge in [0.15, 0.2) is 0 Å². The summed E-state index contributed by atoms with van der Waals surface area (Å²) in [6.07, 6.45) is 5.88. The second-order valence-corrected chi connectivity index (χ2v) is 7.24. The molecule has 0 saturated carbocycles. The van der Waals surface area contributed by atoms with Crippen molar-refractivity contribution < 1.29 is 8.42 Å². The van der Waals surface area contributed by atoms with Crippen LogP contribution >= 0.6 is 11.6 Å². The fourth-order valence-electron chi connectivity index (χ4n) is 2.17. The first kappa shape index (κ1) is 16.5. The SMILES string of the molecule is CCn1cc(S(=O)(=O)Nc2cnn(Cc3ccccc3Cl)c2)cn1. The van der Waals surface area contributed by atoms with Crippen molar-refractivity contribution in [3.63, 3.8) is 0 Å². The van der Waals surface area contributed by atoms with E-state index in [0.29, 0.717) is 23.8 Å². The van der Waals surface area contributed by atoms with E-state index in [1.54, 1.807) is 21.6 Å². The molecule has 0 fully saturated rings. The molecule has 126 valence electrons. The zero-order chi connectivity index (χ0) is 17.2. The highest BCUT2D eigenvalue weighted by Gasteiger charge is 2.17. The largest absolute Gasteiger partial charge is 0.276 e. The summed E-state index contributed by atoms with van der Waals surface area (Å²) in [6.45, 7) is 2.94. The zero-order valence-electron chi connectivity index (χ0n) is 12.9. The molecular weight excluding hydrogens is 350 g/mol. The highest BCUT2D eigenvalue weighted by atomic mass is 35.5. The minimum Gasteiger partial charge on any atom is -0.276 e. The monoisotopic (exact) mass is 365 g/mol. The maximum atomic E-state index is 12.3. The van der Waals surface area contributed by atoms with E-state index in [2.05, 4.69) is 14.9 Å². The van der Waals surface area contributed by atoms with Gasteiger partial charge in [-0.3, -0.25) is 14.1 Å². The maximum Gasteiger partial charge on any atom is 0.265 e. The van der Waals surface area contributed by atoms with Gasteiger partial charge in [-0.1, -0.05) is 29.8 Å². The Morgan fingerprint density at radius 3 is 2.58 bits per heavy atom. The van der Waals surface area contributed by atoms with Crippen LogP contribution in [0.25, 0.3) is 0 Å². The molecule has 0 unspecified atom stereocenters. The second kappa shape index (κ2) is 6.66. The molecule has 24 heavy (non-hydrogen) atoms. The number of hydrogen-bond acceptors (Lipinski definition) is 4. The Labute approximate surface area is 144 Å². The minimum atomic E-state index is -3.68. The van der Waals surface area contributed by atoms with E-state index < -0.39 is 10.0 Å². The summed E-state index contributed by atoms with van der Waals surface area (Å²) in [5.74, 6) is 0. The number of nitrogens with zero attached hydrogens (tertiary/aromatic N) is 4. The first-order valence-corrected chi connectivity index (χ1v) is 9.15. The molecule has 2 aromatic heterocycles. The molecule has 2 heterocycles. The van der Waals surface area contributed by atoms with Gasteiger partial charge in [0.2, 0.25) is 0 Å². The summed E-state index contributed by atoms with van der Waals surface area (Å²) in [4.78, 5) is 0.114. The lowest BCUT2D eigenvalue weighted by atomic mass is 10.2. The zero-order valence-corrected chi connectivity index (χ0v) is 14.5. The molecule has 0 bridgehead atoms. The lowest BCUT2D eigenvalue weighted by Crippen LogP contribution is -2.12. The number of halogens is 1. The van der Waals surface area contributed by atoms with Crippen LogP contribution in [0.4, 0.5) is 5.69 Å². The van der Waals surface area contributed by atoms with E-state index in [1.165, 1.54) is 18.6 Å². The van der Waals surface area contributed by atoms with E-state index in [-0.39, 0.29) is 4.90 Å². The Hall–Kier alpha value is -2.32. The summed E-state index contributed by atoms with van der Waals surface area (Å²) in [7, 11) is -3.68. The van der Waals surface area contributed by atoms with Crippen LogP contribution in [0, 0.1) is 0 Å². The van der Waals surface area contributed by atoms with Crippen LogP contribution in [-0.2, 0) is 23.1 Å². The second-order valence-electron chi connectivity index (χ2n) is 5.16. The molecule has 0 aliphatic carbocycles. The molecule has 3 aromatic rings. The summed E-state index contributed by atoms with van der Waals surface area (Å²) in [5.41, 5.74) is 1.28. The Bertz CT molecular complexity index is 948. The number of rotatable bonds is 6. The third-order valence-electron chi connectivity index (χ3n) is 3.42. The predicted molar refractivity (Wildman–Crippen MR) is 91.5 cm³/mol. The lowest BCUT2D eigenvalue weighted by molar-refractivity contribution is 0.600. The quantitative estimate of drug-likeness (QED) is 0.728. The Balaban J connectivity index is 1.75. The highest BCUT2D eigenvalue weighted by molar-refractivity contribution is 7.92. The van der Waals surface area contributed by atoms with Gasteiger partial charge in [-0.25, -0.2) is 8.42 Å². The van der Waals surface area contributed by atoms with Crippen molar-refractivity contribution in [2.24, 2.45) is 0 Å². The van der Waals surface area contributed by atoms with Gasteiger partial charge in [0.1, 0.15) is 4.90 Å². The van der Waals surface area contributed by atoms with Gasteiger partial charge in [-0.15, -0.1) is 0 Å². The molecule has 1 N–H and O–H groups in total. The Morgan fingerprint density at radius 2 is 1.88 bits per heavy atom. The number of aromatic nitrogens is 4. The molecule has 9 heteroatoms. The van der Waals surface area contributed by atoms with Crippen molar-refractivity contribution in [2.45, 2.75) is 24.9 Å². The molecule has 3 rings (SSSR count). The van der Waals surface area contributed by atoms with E-state index in [1.807, 2.05) is 25.1 Å². The topological polar surface area (TPSA) is 81.8 Å². The summed E-state index contributed by atoms with van der Waals surface area (Å²) < 4.78 is 30.3. The van der Waals surface area contributed by atoms with Crippen molar-refractivity contribution >= 4 is 27.3 Å². The van der Waals surface area contributed by atoms with Crippen molar-refractivity contribution in [1.29, 1.82) is 0 Å². The Kier molecular flexibility index (Phi) is 4.59. The molecule has 0 saturated heterocycles. The summed E-state index contributed by atoms with van der Waals surface area (Å²) in [5, 5.41) is 8.78. The molecule has 0 radical (unpaired) electrons. The molecule has 0 aliphatic heterocycles. The van der Waals surface area contributed by atoms with E-state index in [4.69, 9.17) is 11.6 Å². The average Bonchev–Trinajstić information content (AvgIpc) is 3.19. The number of nitrogens with one attached hydrogen (secondary N) is 1. The number of benzene rings is 1. The Morgan fingerprint density at radius 1 is 1.12 bits per heavy atom. The van der Waals surface area contributed by atoms with Gasteiger partial charge < -0.3 is 0 Å². The van der Waals surface area contributed by atoms with E-state index in [0.717, 1.165) is 5.56 Å². The normalized spacial score (nSPS) is 11.6. The fourth-order valence-corrected chi connectivity index (χ4v) is 3.35. The summed E-state index contributed by atoms with van der Waals surface area (Å²) in [6, 6.07) is 7.44. The van der Waals surface area contributed by atoms with Crippen LogP contribution in [0.3, 0.4) is 0 Å². The highest BCUT2D eigenvalue weighted by Crippen LogP contribution is 2.18. The van der Waals surface area contributed by atoms with E-state index >= 15 is 0 Å². The van der Waals surface area contributed by atoms with Crippen molar-refractivity contribution in [3.8, 4) is 0 Å². The number of hydrogen-bond donors (Lipinski definition) is 1. The molecule has 1 aromatic carbocycles. The first-order valence-electron chi connectivity index (χ1n) is 7.29. The number of aryl methyl sites for hydroxylation is 1. The molecule has 7 nitrogen and oxygen atoms in total. The van der Waals surface area contributed by atoms with Gasteiger partial charge in [0.05, 0.1) is 24.6 Å². The lowest BCUT2D eigenvalue weighted by Gasteiger charge is -2.04. The van der Waals surface area contributed by atoms with Crippen LogP contribution in [0.15, 0.2) is 53.9 Å². The maximum absolute atomic E-state index is 12.3. The predicted octanol–water partition coefficient (Wildman–Crippen LogP) is 2.60. The number of sulfonamides is 1. The van der Waals surface area contributed by atoms with Crippen LogP contribution in [0.2, 0.25) is 5.02 Å². The van der Waals surface area contributed by atoms with Gasteiger partial charge in [-0.2, -0.15) is 10.2 Å². The van der Waals surface area contributed by atoms with Gasteiger partial charge in [0.25, 0.3) is 10.0 Å². The van der Waals surface area contributed by atoms with Crippen LogP contribution < -0.4 is 4.72 Å². The first-order chi connectivity index (χ1) is 11.5. The standard InChI is InChI=1S/C15H16ClN5O2S/c1-2-20-11-14(8-18-20)24(22,23)19-13-7-17-21(10-13)9-12-5-3-4-6-15(12)16/h3-8,10-11,19H,2,9H2,1H3. The van der Waals surface area contributed by atoms with Gasteiger partial charge >= 0.3 is 0 Å². The van der Waals surface area contributed by atoms with Gasteiger partial charge in [-0.05, 0) is 18.6 Å². The van der Waals surface area contributed by atoms with Crippen molar-refractivity contribution in [2.75, 3.05) is 4.72 Å². The molecular formula is C15H16ClN5O2S. The minimum absolute atomic E-state index is 0.114. The van der Waals surface area contributed by atoms with Crippen LogP contribution in [0.5, 0.6) is 0 Å². The van der Waals surface area contributed by atoms with E-state index in [9.17, 15) is 8.42 Å². The smallest absolute Gasteiger partial charge is 0.265 e. The molecule has 0 aliphatic rings. The van der Waals surface area contributed by atoms with Crippen molar-refractivity contribution in [3.05, 3.63) is 59.6 Å². The third-order valence-corrected chi connectivity index (χ3v) is 5.12. The molecule has 0 amide bonds. The number of anilines is 1.